The molecule has 2 aromatic carbocycles. The van der Waals surface area contributed by atoms with Gasteiger partial charge in [0.05, 0.1) is 4.91 Å². The van der Waals surface area contributed by atoms with Gasteiger partial charge >= 0.3 is 0 Å². The first-order chi connectivity index (χ1) is 18.3. The van der Waals surface area contributed by atoms with Crippen molar-refractivity contribution in [3.8, 4) is 11.4 Å². The number of carbonyl (C=O) groups excluding carboxylic acids is 2. The molecule has 0 spiro atoms. The first-order valence-electron chi connectivity index (χ1n) is 12.9. The molecule has 0 bridgehead atoms. The van der Waals surface area contributed by atoms with Crippen LogP contribution >= 0.6 is 35.0 Å². The van der Waals surface area contributed by atoms with Gasteiger partial charge in [0.25, 0.3) is 11.1 Å². The number of amides is 2. The molecule has 198 valence electrons. The highest BCUT2D eigenvalue weighted by Gasteiger charge is 2.36. The van der Waals surface area contributed by atoms with E-state index >= 15 is 0 Å². The molecule has 0 unspecified atom stereocenters. The van der Waals surface area contributed by atoms with Crippen molar-refractivity contribution < 1.29 is 14.3 Å². The molecule has 1 aromatic heterocycles. The molecule has 1 saturated carbocycles. The van der Waals surface area contributed by atoms with Gasteiger partial charge < -0.3 is 9.30 Å². The van der Waals surface area contributed by atoms with Crippen LogP contribution in [0.2, 0.25) is 10.0 Å². The minimum absolute atomic E-state index is 0.156. The van der Waals surface area contributed by atoms with Crippen LogP contribution in [-0.2, 0) is 11.4 Å². The van der Waals surface area contributed by atoms with Crippen molar-refractivity contribution in [1.82, 2.24) is 9.47 Å². The van der Waals surface area contributed by atoms with Crippen molar-refractivity contribution in [3.63, 3.8) is 0 Å². The molecule has 1 saturated heterocycles. The Morgan fingerprint density at radius 3 is 2.45 bits per heavy atom. The van der Waals surface area contributed by atoms with E-state index in [2.05, 4.69) is 10.6 Å². The summed E-state index contributed by atoms with van der Waals surface area (Å²) in [5.41, 5.74) is 4.83. The lowest BCUT2D eigenvalue weighted by molar-refractivity contribution is -0.123. The summed E-state index contributed by atoms with van der Waals surface area (Å²) < 4.78 is 8.06. The predicted molar refractivity (Wildman–Crippen MR) is 155 cm³/mol. The van der Waals surface area contributed by atoms with Gasteiger partial charge in [0.1, 0.15) is 12.4 Å². The summed E-state index contributed by atoms with van der Waals surface area (Å²) in [6, 6.07) is 15.3. The van der Waals surface area contributed by atoms with E-state index in [0.717, 1.165) is 58.6 Å². The van der Waals surface area contributed by atoms with Crippen LogP contribution in [0.3, 0.4) is 0 Å². The number of ether oxygens (including phenoxy) is 1. The Kier molecular flexibility index (Phi) is 8.22. The highest BCUT2D eigenvalue weighted by atomic mass is 35.5. The van der Waals surface area contributed by atoms with Crippen LogP contribution < -0.4 is 4.74 Å². The molecule has 2 heterocycles. The lowest BCUT2D eigenvalue weighted by Gasteiger charge is -2.25. The van der Waals surface area contributed by atoms with E-state index in [0.29, 0.717) is 34.0 Å². The fourth-order valence-corrected chi connectivity index (χ4v) is 6.55. The molecule has 0 atom stereocenters. The molecular weight excluding hydrogens is 539 g/mol. The average molecular weight is 570 g/mol. The monoisotopic (exact) mass is 568 g/mol. The lowest BCUT2D eigenvalue weighted by Crippen LogP contribution is -2.34. The van der Waals surface area contributed by atoms with E-state index in [1.807, 2.05) is 50.3 Å². The highest BCUT2D eigenvalue weighted by molar-refractivity contribution is 8.18. The number of aromatic nitrogens is 1. The summed E-state index contributed by atoms with van der Waals surface area (Å²) >= 11 is 13.3. The second-order valence-corrected chi connectivity index (χ2v) is 11.8. The Labute approximate surface area is 237 Å². The van der Waals surface area contributed by atoms with Crippen LogP contribution in [0, 0.1) is 19.8 Å². The number of nitrogens with zero attached hydrogens (tertiary/aromatic N) is 2. The van der Waals surface area contributed by atoms with Gasteiger partial charge in [0.15, 0.2) is 0 Å². The van der Waals surface area contributed by atoms with Crippen LogP contribution in [0.15, 0.2) is 53.4 Å². The topological polar surface area (TPSA) is 51.5 Å². The zero-order chi connectivity index (χ0) is 26.8. The summed E-state index contributed by atoms with van der Waals surface area (Å²) in [4.78, 5) is 27.7. The SMILES string of the molecule is Cc1cc(/C=C2/SC(=O)N(CC3CCCCC3)C2=O)c(C)n1-c1ccc(OCc2ccc(Cl)cc2Cl)cc1. The number of rotatable bonds is 7. The van der Waals surface area contributed by atoms with Crippen LogP contribution in [0.5, 0.6) is 5.75 Å². The zero-order valence-electron chi connectivity index (χ0n) is 21.5. The molecule has 2 aliphatic rings. The molecule has 3 aromatic rings. The Balaban J connectivity index is 1.29. The van der Waals surface area contributed by atoms with E-state index in [1.165, 1.54) is 24.2 Å². The van der Waals surface area contributed by atoms with E-state index in [1.54, 1.807) is 12.1 Å². The van der Waals surface area contributed by atoms with Gasteiger partial charge in [-0.2, -0.15) is 0 Å². The summed E-state index contributed by atoms with van der Waals surface area (Å²) in [6.07, 6.45) is 7.68. The molecular formula is C30H30Cl2N2O3S. The summed E-state index contributed by atoms with van der Waals surface area (Å²) in [5.74, 6) is 0.989. The van der Waals surface area contributed by atoms with Crippen LogP contribution in [0.1, 0.15) is 54.6 Å². The van der Waals surface area contributed by atoms with Gasteiger partial charge in [0, 0.05) is 39.2 Å². The minimum atomic E-state index is -0.169. The van der Waals surface area contributed by atoms with E-state index in [4.69, 9.17) is 27.9 Å². The smallest absolute Gasteiger partial charge is 0.293 e. The maximum atomic E-state index is 13.1. The molecule has 2 fully saturated rings. The van der Waals surface area contributed by atoms with Crippen LogP contribution in [0.4, 0.5) is 4.79 Å². The van der Waals surface area contributed by atoms with Gasteiger partial charge in [-0.25, -0.2) is 0 Å². The van der Waals surface area contributed by atoms with Crippen molar-refractivity contribution in [2.24, 2.45) is 5.92 Å². The molecule has 5 nitrogen and oxygen atoms in total. The van der Waals surface area contributed by atoms with Crippen molar-refractivity contribution >= 4 is 52.2 Å². The van der Waals surface area contributed by atoms with E-state index < -0.39 is 0 Å². The van der Waals surface area contributed by atoms with Crippen LogP contribution in [-0.4, -0.2) is 27.2 Å². The number of hydrogen-bond acceptors (Lipinski definition) is 4. The van der Waals surface area contributed by atoms with Gasteiger partial charge in [0.2, 0.25) is 0 Å². The normalized spacial score (nSPS) is 17.6. The third-order valence-corrected chi connectivity index (χ3v) is 8.79. The standard InChI is InChI=1S/C30H30Cl2N2O3S/c1-19-14-23(15-28-29(35)33(30(36)38-28)17-21-6-4-3-5-7-21)20(2)34(19)25-10-12-26(13-11-25)37-18-22-8-9-24(31)16-27(22)32/h8-16,21H,3-7,17-18H2,1-2H3/b28-15+. The number of aryl methyl sites for hydroxylation is 1. The second kappa shape index (κ2) is 11.6. The number of carbonyl (C=O) groups is 2. The van der Waals surface area contributed by atoms with E-state index in [9.17, 15) is 9.59 Å². The molecule has 1 aliphatic carbocycles. The minimum Gasteiger partial charge on any atom is -0.489 e. The fraction of sp³-hybridized carbons (Fsp3) is 0.333. The number of imide groups is 1. The first-order valence-corrected chi connectivity index (χ1v) is 14.5. The molecule has 38 heavy (non-hydrogen) atoms. The molecule has 0 radical (unpaired) electrons. The van der Waals surface area contributed by atoms with Gasteiger partial charge in [-0.15, -0.1) is 0 Å². The maximum Gasteiger partial charge on any atom is 0.293 e. The second-order valence-electron chi connectivity index (χ2n) is 9.98. The summed E-state index contributed by atoms with van der Waals surface area (Å²) in [7, 11) is 0. The summed E-state index contributed by atoms with van der Waals surface area (Å²) in [6.45, 7) is 4.95. The van der Waals surface area contributed by atoms with Crippen molar-refractivity contribution in [2.45, 2.75) is 52.6 Å². The van der Waals surface area contributed by atoms with Gasteiger partial charge in [-0.1, -0.05) is 48.5 Å². The first kappa shape index (κ1) is 26.9. The Morgan fingerprint density at radius 2 is 1.74 bits per heavy atom. The molecule has 2 amide bonds. The summed E-state index contributed by atoms with van der Waals surface area (Å²) in [5, 5.41) is 1.01. The van der Waals surface area contributed by atoms with Crippen molar-refractivity contribution in [2.75, 3.05) is 6.54 Å². The Hall–Kier alpha value is -2.67. The third kappa shape index (κ3) is 5.83. The molecule has 5 rings (SSSR count). The number of hydrogen-bond donors (Lipinski definition) is 0. The third-order valence-electron chi connectivity index (χ3n) is 7.30. The van der Waals surface area contributed by atoms with Crippen molar-refractivity contribution in [3.05, 3.63) is 86.0 Å². The fourth-order valence-electron chi connectivity index (χ4n) is 5.25. The predicted octanol–water partition coefficient (Wildman–Crippen LogP) is 8.60. The molecule has 8 heteroatoms. The maximum absolute atomic E-state index is 13.1. The molecule has 0 N–H and O–H groups in total. The highest BCUT2D eigenvalue weighted by Crippen LogP contribution is 2.36. The van der Waals surface area contributed by atoms with E-state index in [-0.39, 0.29) is 11.1 Å². The van der Waals surface area contributed by atoms with Crippen LogP contribution in [0.25, 0.3) is 11.8 Å². The lowest BCUT2D eigenvalue weighted by atomic mass is 9.89. The Morgan fingerprint density at radius 1 is 1.00 bits per heavy atom. The zero-order valence-corrected chi connectivity index (χ0v) is 23.8. The average Bonchev–Trinajstić information content (AvgIpc) is 3.33. The molecule has 1 aliphatic heterocycles. The largest absolute Gasteiger partial charge is 0.489 e. The number of halogens is 2. The number of benzene rings is 2. The van der Waals surface area contributed by atoms with Crippen molar-refractivity contribution in [1.29, 1.82) is 0 Å². The van der Waals surface area contributed by atoms with Gasteiger partial charge in [-0.3, -0.25) is 14.5 Å². The number of thioether (sulfide) groups is 1. The van der Waals surface area contributed by atoms with Gasteiger partial charge in [-0.05, 0) is 98.5 Å². The quantitative estimate of drug-likeness (QED) is 0.268. The Bertz CT molecular complexity index is 1390.